The zero-order chi connectivity index (χ0) is 11.6. The van der Waals surface area contributed by atoms with Gasteiger partial charge >= 0.3 is 0 Å². The van der Waals surface area contributed by atoms with Gasteiger partial charge in [-0.05, 0) is 13.3 Å². The predicted molar refractivity (Wildman–Crippen MR) is 61.8 cm³/mol. The Bertz CT molecular complexity index is 275. The van der Waals surface area contributed by atoms with Gasteiger partial charge in [-0.1, -0.05) is 13.8 Å². The zero-order valence-corrected chi connectivity index (χ0v) is 10.3. The van der Waals surface area contributed by atoms with Gasteiger partial charge in [0.25, 0.3) is 0 Å². The summed E-state index contributed by atoms with van der Waals surface area (Å²) in [4.78, 5) is 13.6. The highest BCUT2D eigenvalue weighted by atomic mass is 16.2. The molecule has 1 fully saturated rings. The molecule has 0 radical (unpaired) electrons. The number of nitrogens with zero attached hydrogens (tertiary/aromatic N) is 3. The van der Waals surface area contributed by atoms with Crippen LogP contribution in [0.5, 0.6) is 0 Å². The third-order valence-corrected chi connectivity index (χ3v) is 3.04. The van der Waals surface area contributed by atoms with Crippen molar-refractivity contribution in [2.75, 3.05) is 20.6 Å². The average molecular weight is 211 g/mol. The first-order chi connectivity index (χ1) is 7.11. The number of amides is 1. The highest BCUT2D eigenvalue weighted by Gasteiger charge is 2.42. The number of hydrazone groups is 1. The summed E-state index contributed by atoms with van der Waals surface area (Å²) in [6.07, 6.45) is 1.05. The van der Waals surface area contributed by atoms with Crippen LogP contribution in [0.2, 0.25) is 0 Å². The number of hydrogen-bond acceptors (Lipinski definition) is 3. The summed E-state index contributed by atoms with van der Waals surface area (Å²) in [7, 11) is 3.74. The maximum absolute atomic E-state index is 11.8. The highest BCUT2D eigenvalue weighted by Crippen LogP contribution is 2.28. The van der Waals surface area contributed by atoms with Gasteiger partial charge in [0.2, 0.25) is 5.91 Å². The van der Waals surface area contributed by atoms with Gasteiger partial charge in [-0.25, -0.2) is 0 Å². The Morgan fingerprint density at radius 1 is 1.33 bits per heavy atom. The summed E-state index contributed by atoms with van der Waals surface area (Å²) in [5.41, 5.74) is 1.11. The highest BCUT2D eigenvalue weighted by molar-refractivity contribution is 5.95. The molecule has 2 aliphatic rings. The van der Waals surface area contributed by atoms with E-state index in [0.29, 0.717) is 5.92 Å². The molecule has 0 aromatic heterocycles. The standard InChI is InChI=1S/C9H15N3O.C2H6/c1-6-7-4-5-11(2)9(13)8(7)12(3)10-6;1-2/h7-8H,4-5H2,1-3H3;1-2H3. The molecule has 2 unspecified atom stereocenters. The molecule has 4 heteroatoms. The summed E-state index contributed by atoms with van der Waals surface area (Å²) >= 11 is 0. The summed E-state index contributed by atoms with van der Waals surface area (Å²) in [6, 6.07) is -0.0289. The molecule has 2 heterocycles. The van der Waals surface area contributed by atoms with Crippen LogP contribution in [-0.2, 0) is 4.79 Å². The molecule has 0 saturated carbocycles. The third-order valence-electron chi connectivity index (χ3n) is 3.04. The van der Waals surface area contributed by atoms with Crippen LogP contribution in [0.25, 0.3) is 0 Å². The Morgan fingerprint density at radius 3 is 2.53 bits per heavy atom. The van der Waals surface area contributed by atoms with Crippen LogP contribution in [0.4, 0.5) is 0 Å². The molecule has 0 aliphatic carbocycles. The van der Waals surface area contributed by atoms with E-state index in [1.54, 1.807) is 9.91 Å². The van der Waals surface area contributed by atoms with E-state index < -0.39 is 0 Å². The van der Waals surface area contributed by atoms with Crippen molar-refractivity contribution in [1.82, 2.24) is 9.91 Å². The molecule has 2 atom stereocenters. The smallest absolute Gasteiger partial charge is 0.247 e. The van der Waals surface area contributed by atoms with Crippen LogP contribution in [0.3, 0.4) is 0 Å². The van der Waals surface area contributed by atoms with Crippen molar-refractivity contribution in [3.63, 3.8) is 0 Å². The minimum atomic E-state index is -0.0289. The number of rotatable bonds is 0. The maximum Gasteiger partial charge on any atom is 0.247 e. The van der Waals surface area contributed by atoms with Crippen molar-refractivity contribution >= 4 is 11.6 Å². The summed E-state index contributed by atoms with van der Waals surface area (Å²) < 4.78 is 0. The van der Waals surface area contributed by atoms with Crippen LogP contribution in [0.15, 0.2) is 5.10 Å². The quantitative estimate of drug-likeness (QED) is 0.603. The minimum absolute atomic E-state index is 0.0289. The van der Waals surface area contributed by atoms with Crippen molar-refractivity contribution in [2.24, 2.45) is 11.0 Å². The van der Waals surface area contributed by atoms with Gasteiger partial charge in [-0.3, -0.25) is 9.80 Å². The topological polar surface area (TPSA) is 35.9 Å². The van der Waals surface area contributed by atoms with Crippen molar-refractivity contribution < 1.29 is 4.79 Å². The minimum Gasteiger partial charge on any atom is -0.344 e. The van der Waals surface area contributed by atoms with Gasteiger partial charge in [0.05, 0.1) is 0 Å². The van der Waals surface area contributed by atoms with Crippen molar-refractivity contribution in [1.29, 1.82) is 0 Å². The van der Waals surface area contributed by atoms with E-state index in [4.69, 9.17) is 0 Å². The number of hydrogen-bond donors (Lipinski definition) is 0. The Kier molecular flexibility index (Phi) is 3.72. The monoisotopic (exact) mass is 211 g/mol. The fourth-order valence-electron chi connectivity index (χ4n) is 2.24. The van der Waals surface area contributed by atoms with E-state index in [1.807, 2.05) is 34.9 Å². The van der Waals surface area contributed by atoms with Gasteiger partial charge in [0.15, 0.2) is 0 Å². The van der Waals surface area contributed by atoms with Crippen molar-refractivity contribution in [3.05, 3.63) is 0 Å². The molecule has 0 bridgehead atoms. The van der Waals surface area contributed by atoms with Crippen LogP contribution < -0.4 is 0 Å². The third kappa shape index (κ3) is 1.98. The lowest BCUT2D eigenvalue weighted by molar-refractivity contribution is -0.138. The first-order valence-corrected chi connectivity index (χ1v) is 5.64. The van der Waals surface area contributed by atoms with Crippen LogP contribution in [-0.4, -0.2) is 48.2 Å². The zero-order valence-electron chi connectivity index (χ0n) is 10.3. The number of carbonyl (C=O) groups excluding carboxylic acids is 1. The van der Waals surface area contributed by atoms with E-state index in [0.717, 1.165) is 18.7 Å². The predicted octanol–water partition coefficient (Wildman–Crippen LogP) is 1.18. The van der Waals surface area contributed by atoms with Gasteiger partial charge < -0.3 is 4.90 Å². The number of likely N-dealkylation sites (N-methyl/N-ethyl adjacent to an activating group) is 2. The lowest BCUT2D eigenvalue weighted by Crippen LogP contribution is -2.51. The van der Waals surface area contributed by atoms with Crippen molar-refractivity contribution in [3.8, 4) is 0 Å². The first-order valence-electron chi connectivity index (χ1n) is 5.64. The Labute approximate surface area is 91.9 Å². The summed E-state index contributed by atoms with van der Waals surface area (Å²) in [6.45, 7) is 6.88. The fourth-order valence-corrected chi connectivity index (χ4v) is 2.24. The van der Waals surface area contributed by atoms with Crippen LogP contribution >= 0.6 is 0 Å². The molecule has 2 rings (SSSR count). The van der Waals surface area contributed by atoms with Crippen LogP contribution in [0.1, 0.15) is 27.2 Å². The molecular weight excluding hydrogens is 190 g/mol. The van der Waals surface area contributed by atoms with E-state index in [9.17, 15) is 4.79 Å². The Hall–Kier alpha value is -1.06. The SMILES string of the molecule is CC.CC1=NN(C)C2C(=O)N(C)CCC12. The second-order valence-corrected chi connectivity index (χ2v) is 3.91. The van der Waals surface area contributed by atoms with E-state index in [-0.39, 0.29) is 11.9 Å². The normalized spacial score (nSPS) is 29.4. The first kappa shape index (κ1) is 12.0. The van der Waals surface area contributed by atoms with E-state index in [1.165, 1.54) is 0 Å². The fraction of sp³-hybridized carbons (Fsp3) is 0.818. The molecule has 0 N–H and O–H groups in total. The second-order valence-electron chi connectivity index (χ2n) is 3.91. The summed E-state index contributed by atoms with van der Waals surface area (Å²) in [5.74, 6) is 0.563. The summed E-state index contributed by atoms with van der Waals surface area (Å²) in [5, 5.41) is 6.12. The van der Waals surface area contributed by atoms with Gasteiger partial charge in [0, 0.05) is 32.3 Å². The lowest BCUT2D eigenvalue weighted by Gasteiger charge is -2.34. The van der Waals surface area contributed by atoms with Gasteiger partial charge in [-0.2, -0.15) is 5.10 Å². The number of likely N-dealkylation sites (tertiary alicyclic amines) is 1. The van der Waals surface area contributed by atoms with Crippen molar-refractivity contribution in [2.45, 2.75) is 33.2 Å². The van der Waals surface area contributed by atoms with Gasteiger partial charge in [-0.15, -0.1) is 0 Å². The molecule has 0 aromatic carbocycles. The lowest BCUT2D eigenvalue weighted by atomic mass is 9.89. The Balaban J connectivity index is 0.000000531. The molecular formula is C11H21N3O. The molecule has 86 valence electrons. The molecule has 15 heavy (non-hydrogen) atoms. The molecule has 4 nitrogen and oxygen atoms in total. The van der Waals surface area contributed by atoms with Crippen LogP contribution in [0, 0.1) is 5.92 Å². The number of piperidine rings is 1. The number of carbonyl (C=O) groups is 1. The largest absolute Gasteiger partial charge is 0.344 e. The van der Waals surface area contributed by atoms with E-state index in [2.05, 4.69) is 5.10 Å². The van der Waals surface area contributed by atoms with Gasteiger partial charge in [0.1, 0.15) is 6.04 Å². The maximum atomic E-state index is 11.8. The molecule has 0 spiro atoms. The Morgan fingerprint density at radius 2 is 1.93 bits per heavy atom. The molecule has 2 aliphatic heterocycles. The molecule has 0 aromatic rings. The molecule has 1 amide bonds. The average Bonchev–Trinajstić information content (AvgIpc) is 2.51. The van der Waals surface area contributed by atoms with E-state index >= 15 is 0 Å². The molecule has 1 saturated heterocycles. The second kappa shape index (κ2) is 4.64. The number of fused-ring (bicyclic) bond motifs is 1.